The van der Waals surface area contributed by atoms with Crippen LogP contribution in [0.5, 0.6) is 11.5 Å². The molecule has 0 spiro atoms. The Bertz CT molecular complexity index is 499. The van der Waals surface area contributed by atoms with Crippen LogP contribution in [-0.4, -0.2) is 49.1 Å². The van der Waals surface area contributed by atoms with E-state index in [0.717, 1.165) is 36.1 Å². The Labute approximate surface area is 143 Å². The molecule has 1 N–H and O–H groups in total. The summed E-state index contributed by atoms with van der Waals surface area (Å²) < 4.78 is 16.3. The van der Waals surface area contributed by atoms with Gasteiger partial charge in [-0.25, -0.2) is 0 Å². The predicted octanol–water partition coefficient (Wildman–Crippen LogP) is 2.45. The van der Waals surface area contributed by atoms with E-state index >= 15 is 0 Å². The van der Waals surface area contributed by atoms with Gasteiger partial charge < -0.3 is 24.2 Å². The van der Waals surface area contributed by atoms with Gasteiger partial charge in [0.1, 0.15) is 0 Å². The summed E-state index contributed by atoms with van der Waals surface area (Å²) in [4.78, 5) is 2.34. The fourth-order valence-electron chi connectivity index (χ4n) is 3.15. The number of hydrogen-bond acceptors (Lipinski definition) is 5. The Balaban J connectivity index is 0.00000192. The molecule has 0 aromatic heterocycles. The number of rotatable bonds is 6. The van der Waals surface area contributed by atoms with Crippen molar-refractivity contribution in [2.45, 2.75) is 32.5 Å². The Morgan fingerprint density at radius 2 is 2.17 bits per heavy atom. The number of benzene rings is 1. The molecule has 0 aliphatic carbocycles. The van der Waals surface area contributed by atoms with E-state index in [-0.39, 0.29) is 19.2 Å². The minimum atomic E-state index is -0.431. The van der Waals surface area contributed by atoms with Gasteiger partial charge in [-0.3, -0.25) is 0 Å². The lowest BCUT2D eigenvalue weighted by atomic mass is 10.0. The molecule has 2 unspecified atom stereocenters. The van der Waals surface area contributed by atoms with E-state index in [2.05, 4.69) is 11.8 Å². The average Bonchev–Trinajstić information content (AvgIpc) is 2.95. The van der Waals surface area contributed by atoms with Crippen molar-refractivity contribution in [1.29, 1.82) is 0 Å². The molecule has 2 heterocycles. The number of ether oxygens (including phenoxy) is 3. The van der Waals surface area contributed by atoms with Crippen molar-refractivity contribution < 1.29 is 19.3 Å². The van der Waals surface area contributed by atoms with Gasteiger partial charge in [0.15, 0.2) is 11.5 Å². The van der Waals surface area contributed by atoms with Gasteiger partial charge in [-0.2, -0.15) is 0 Å². The zero-order valence-corrected chi connectivity index (χ0v) is 14.4. The average molecular weight is 344 g/mol. The lowest BCUT2D eigenvalue weighted by molar-refractivity contribution is 0.00374. The third-order valence-electron chi connectivity index (χ3n) is 4.23. The van der Waals surface area contributed by atoms with Crippen LogP contribution in [0.15, 0.2) is 18.2 Å². The molecular formula is C17H26ClNO4. The fraction of sp³-hybridized carbons (Fsp3) is 0.647. The summed E-state index contributed by atoms with van der Waals surface area (Å²) in [6.45, 7) is 6.26. The van der Waals surface area contributed by atoms with Crippen molar-refractivity contribution in [3.8, 4) is 11.5 Å². The van der Waals surface area contributed by atoms with Crippen molar-refractivity contribution in [2.75, 3.05) is 33.0 Å². The first kappa shape index (κ1) is 18.3. The van der Waals surface area contributed by atoms with Gasteiger partial charge in [0.25, 0.3) is 0 Å². The van der Waals surface area contributed by atoms with Crippen molar-refractivity contribution in [1.82, 2.24) is 4.90 Å². The Morgan fingerprint density at radius 1 is 1.35 bits per heavy atom. The minimum Gasteiger partial charge on any atom is -0.454 e. The topological polar surface area (TPSA) is 51.2 Å². The van der Waals surface area contributed by atoms with Crippen LogP contribution < -0.4 is 9.47 Å². The van der Waals surface area contributed by atoms with Gasteiger partial charge in [-0.1, -0.05) is 13.0 Å². The van der Waals surface area contributed by atoms with Crippen LogP contribution in [0, 0.1) is 5.92 Å². The van der Waals surface area contributed by atoms with Gasteiger partial charge >= 0.3 is 0 Å². The Morgan fingerprint density at radius 3 is 3.00 bits per heavy atom. The molecule has 130 valence electrons. The highest BCUT2D eigenvalue weighted by atomic mass is 35.5. The third-order valence-corrected chi connectivity index (χ3v) is 4.23. The first-order chi connectivity index (χ1) is 10.7. The molecule has 0 amide bonds. The molecule has 6 heteroatoms. The largest absolute Gasteiger partial charge is 0.454 e. The number of fused-ring (bicyclic) bond motifs is 1. The summed E-state index contributed by atoms with van der Waals surface area (Å²) in [5.41, 5.74) is 1.03. The molecule has 0 saturated carbocycles. The van der Waals surface area contributed by atoms with Crippen LogP contribution in [0.1, 0.15) is 25.3 Å². The number of aliphatic hydroxyl groups excluding tert-OH is 1. The highest BCUT2D eigenvalue weighted by molar-refractivity contribution is 5.85. The number of hydrogen-bond donors (Lipinski definition) is 1. The summed E-state index contributed by atoms with van der Waals surface area (Å²) >= 11 is 0. The molecule has 1 saturated heterocycles. The van der Waals surface area contributed by atoms with Crippen LogP contribution in [0.3, 0.4) is 0 Å². The molecule has 2 aliphatic rings. The molecule has 0 bridgehead atoms. The first-order valence-electron chi connectivity index (χ1n) is 8.07. The van der Waals surface area contributed by atoms with Crippen molar-refractivity contribution >= 4 is 12.4 Å². The lowest BCUT2D eigenvalue weighted by Crippen LogP contribution is -2.40. The van der Waals surface area contributed by atoms with Gasteiger partial charge in [0.05, 0.1) is 19.3 Å². The number of β-amino-alcohol motifs (C(OH)–C–C–N with tert-alkyl or cyclic N) is 1. The zero-order chi connectivity index (χ0) is 15.4. The first-order valence-corrected chi connectivity index (χ1v) is 8.07. The monoisotopic (exact) mass is 343 g/mol. The molecule has 3 rings (SSSR count). The highest BCUT2D eigenvalue weighted by Gasteiger charge is 2.19. The second-order valence-electron chi connectivity index (χ2n) is 6.36. The molecule has 1 aromatic carbocycles. The van der Waals surface area contributed by atoms with Gasteiger partial charge in [0.2, 0.25) is 6.79 Å². The molecule has 1 aromatic rings. The smallest absolute Gasteiger partial charge is 0.231 e. The van der Waals surface area contributed by atoms with E-state index in [1.54, 1.807) is 0 Å². The summed E-state index contributed by atoms with van der Waals surface area (Å²) in [5.74, 6) is 2.28. The lowest BCUT2D eigenvalue weighted by Gasteiger charge is -2.32. The van der Waals surface area contributed by atoms with Crippen molar-refractivity contribution in [2.24, 2.45) is 5.92 Å². The predicted molar refractivity (Wildman–Crippen MR) is 90.3 cm³/mol. The van der Waals surface area contributed by atoms with E-state index in [9.17, 15) is 5.11 Å². The van der Waals surface area contributed by atoms with E-state index < -0.39 is 6.10 Å². The maximum Gasteiger partial charge on any atom is 0.231 e. The normalized spacial score (nSPS) is 21.7. The maximum atomic E-state index is 10.1. The van der Waals surface area contributed by atoms with Gasteiger partial charge in [-0.05, 0) is 43.0 Å². The molecule has 2 aliphatic heterocycles. The third kappa shape index (κ3) is 5.24. The molecule has 0 radical (unpaired) electrons. The minimum absolute atomic E-state index is 0. The second kappa shape index (κ2) is 8.73. The van der Waals surface area contributed by atoms with E-state index in [0.29, 0.717) is 19.8 Å². The van der Waals surface area contributed by atoms with Crippen LogP contribution in [0.4, 0.5) is 0 Å². The molecule has 1 fully saturated rings. The number of aliphatic hydroxyl groups is 1. The van der Waals surface area contributed by atoms with E-state index in [4.69, 9.17) is 14.2 Å². The van der Waals surface area contributed by atoms with Crippen LogP contribution in [-0.2, 0) is 11.3 Å². The molecule has 23 heavy (non-hydrogen) atoms. The Hall–Kier alpha value is -1.01. The van der Waals surface area contributed by atoms with E-state index in [1.807, 2.05) is 18.2 Å². The number of piperidine rings is 1. The molecule has 5 nitrogen and oxygen atoms in total. The van der Waals surface area contributed by atoms with Crippen molar-refractivity contribution in [3.05, 3.63) is 23.8 Å². The Kier molecular flexibility index (Phi) is 6.96. The number of nitrogens with zero attached hydrogens (tertiary/aromatic N) is 1. The number of halogens is 1. The van der Waals surface area contributed by atoms with Crippen LogP contribution in [0.2, 0.25) is 0 Å². The maximum absolute atomic E-state index is 10.1. The van der Waals surface area contributed by atoms with E-state index in [1.165, 1.54) is 12.8 Å². The van der Waals surface area contributed by atoms with Gasteiger partial charge in [-0.15, -0.1) is 12.4 Å². The van der Waals surface area contributed by atoms with Crippen LogP contribution >= 0.6 is 12.4 Å². The number of likely N-dealkylation sites (tertiary alicyclic amines) is 1. The molecular weight excluding hydrogens is 318 g/mol. The zero-order valence-electron chi connectivity index (χ0n) is 13.6. The standard InChI is InChI=1S/C17H25NO4.ClH/c1-13-3-2-6-18(8-13)9-15(19)11-20-10-14-4-5-16-17(7-14)22-12-21-16;/h4-5,7,13,15,19H,2-3,6,8-12H2,1H3;1H. The van der Waals surface area contributed by atoms with Crippen molar-refractivity contribution in [3.63, 3.8) is 0 Å². The van der Waals surface area contributed by atoms with Crippen LogP contribution in [0.25, 0.3) is 0 Å². The summed E-state index contributed by atoms with van der Waals surface area (Å²) in [5, 5.41) is 10.1. The fourth-order valence-corrected chi connectivity index (χ4v) is 3.15. The molecule has 2 atom stereocenters. The SMILES string of the molecule is CC1CCCN(CC(O)COCc2ccc3c(c2)OCO3)C1.Cl. The van der Waals surface area contributed by atoms with Gasteiger partial charge in [0, 0.05) is 13.1 Å². The summed E-state index contributed by atoms with van der Waals surface area (Å²) in [6, 6.07) is 5.79. The quantitative estimate of drug-likeness (QED) is 0.859. The summed E-state index contributed by atoms with van der Waals surface area (Å²) in [7, 11) is 0. The highest BCUT2D eigenvalue weighted by Crippen LogP contribution is 2.32. The summed E-state index contributed by atoms with van der Waals surface area (Å²) in [6.07, 6.45) is 2.10. The second-order valence-corrected chi connectivity index (χ2v) is 6.36.